The van der Waals surface area contributed by atoms with E-state index in [4.69, 9.17) is 4.74 Å². The van der Waals surface area contributed by atoms with Crippen molar-refractivity contribution in [2.75, 3.05) is 12.4 Å². The fourth-order valence-electron chi connectivity index (χ4n) is 2.37. The van der Waals surface area contributed by atoms with E-state index in [-0.39, 0.29) is 11.5 Å². The van der Waals surface area contributed by atoms with Gasteiger partial charge in [-0.25, -0.2) is 0 Å². The number of methoxy groups -OCH3 is 1. The van der Waals surface area contributed by atoms with Gasteiger partial charge < -0.3 is 15.2 Å². The second-order valence-electron chi connectivity index (χ2n) is 5.28. The van der Waals surface area contributed by atoms with E-state index in [1.54, 1.807) is 37.4 Å². The van der Waals surface area contributed by atoms with Gasteiger partial charge in [0, 0.05) is 16.9 Å². The number of carbonyl (C=O) groups is 1. The number of nitrogens with one attached hydrogen (secondary N) is 1. The maximum absolute atomic E-state index is 12.4. The summed E-state index contributed by atoms with van der Waals surface area (Å²) < 4.78 is 5.13. The summed E-state index contributed by atoms with van der Waals surface area (Å²) in [6.45, 7) is 0. The Morgan fingerprint density at radius 1 is 0.875 bits per heavy atom. The quantitative estimate of drug-likeness (QED) is 0.685. The van der Waals surface area contributed by atoms with Crippen molar-refractivity contribution in [2.24, 2.45) is 0 Å². The Morgan fingerprint density at radius 2 is 1.46 bits per heavy atom. The van der Waals surface area contributed by atoms with Gasteiger partial charge in [0.2, 0.25) is 0 Å². The van der Waals surface area contributed by atoms with E-state index in [9.17, 15) is 9.90 Å². The topological polar surface area (TPSA) is 58.6 Å². The molecular weight excluding hydrogens is 302 g/mol. The summed E-state index contributed by atoms with van der Waals surface area (Å²) >= 11 is 0. The third-order valence-electron chi connectivity index (χ3n) is 3.67. The van der Waals surface area contributed by atoms with Gasteiger partial charge in [-0.2, -0.15) is 0 Å². The molecule has 0 fully saturated rings. The van der Waals surface area contributed by atoms with Crippen molar-refractivity contribution in [1.82, 2.24) is 0 Å². The van der Waals surface area contributed by atoms with Crippen LogP contribution in [0.25, 0.3) is 0 Å². The third-order valence-corrected chi connectivity index (χ3v) is 3.67. The number of phenols is 1. The fourth-order valence-corrected chi connectivity index (χ4v) is 2.37. The van der Waals surface area contributed by atoms with Crippen LogP contribution in [-0.4, -0.2) is 18.0 Å². The lowest BCUT2D eigenvalue weighted by Crippen LogP contribution is -2.01. The second kappa shape index (κ2) is 6.87. The van der Waals surface area contributed by atoms with Gasteiger partial charge in [-0.15, -0.1) is 0 Å². The Morgan fingerprint density at radius 3 is 2.04 bits per heavy atom. The highest BCUT2D eigenvalue weighted by Gasteiger charge is 2.12. The zero-order valence-corrected chi connectivity index (χ0v) is 13.2. The molecule has 24 heavy (non-hydrogen) atoms. The molecule has 0 aromatic heterocycles. The predicted octanol–water partition coefficient (Wildman–Crippen LogP) is 4.38. The molecule has 3 aromatic rings. The minimum absolute atomic E-state index is 0.0112. The lowest BCUT2D eigenvalue weighted by Gasteiger charge is -2.08. The summed E-state index contributed by atoms with van der Waals surface area (Å²) in [7, 11) is 1.63. The van der Waals surface area contributed by atoms with Crippen LogP contribution in [0.1, 0.15) is 15.9 Å². The molecule has 120 valence electrons. The smallest absolute Gasteiger partial charge is 0.196 e. The number of ketones is 1. The molecule has 0 aliphatic carbocycles. The number of anilines is 2. The van der Waals surface area contributed by atoms with Crippen LogP contribution < -0.4 is 10.1 Å². The van der Waals surface area contributed by atoms with Gasteiger partial charge in [0.05, 0.1) is 12.7 Å². The molecule has 3 aromatic carbocycles. The first-order valence-corrected chi connectivity index (χ1v) is 7.51. The molecule has 0 amide bonds. The average molecular weight is 319 g/mol. The van der Waals surface area contributed by atoms with Gasteiger partial charge in [0.15, 0.2) is 5.78 Å². The molecule has 4 heteroatoms. The second-order valence-corrected chi connectivity index (χ2v) is 5.28. The van der Waals surface area contributed by atoms with E-state index in [0.29, 0.717) is 11.1 Å². The molecule has 4 nitrogen and oxygen atoms in total. The molecule has 0 aliphatic rings. The van der Waals surface area contributed by atoms with Crippen LogP contribution in [0.3, 0.4) is 0 Å². The van der Waals surface area contributed by atoms with Gasteiger partial charge in [0.1, 0.15) is 11.5 Å². The highest BCUT2D eigenvalue weighted by atomic mass is 16.5. The first-order chi connectivity index (χ1) is 11.7. The van der Waals surface area contributed by atoms with Crippen molar-refractivity contribution in [3.63, 3.8) is 0 Å². The van der Waals surface area contributed by atoms with E-state index < -0.39 is 0 Å². The molecule has 0 heterocycles. The Labute approximate surface area is 140 Å². The summed E-state index contributed by atoms with van der Waals surface area (Å²) in [5, 5.41) is 13.0. The van der Waals surface area contributed by atoms with Crippen LogP contribution in [0.2, 0.25) is 0 Å². The number of aromatic hydroxyl groups is 1. The Bertz CT molecular complexity index is 840. The van der Waals surface area contributed by atoms with Crippen molar-refractivity contribution >= 4 is 17.2 Å². The van der Waals surface area contributed by atoms with Crippen LogP contribution in [0, 0.1) is 0 Å². The molecule has 2 N–H and O–H groups in total. The number of rotatable bonds is 5. The van der Waals surface area contributed by atoms with E-state index in [2.05, 4.69) is 5.32 Å². The predicted molar refractivity (Wildman–Crippen MR) is 94.3 cm³/mol. The Balaban J connectivity index is 1.75. The molecule has 0 radical (unpaired) electrons. The minimum atomic E-state index is -0.205. The number of carbonyl (C=O) groups excluding carboxylic acids is 1. The molecule has 0 bridgehead atoms. The molecule has 0 saturated heterocycles. The van der Waals surface area contributed by atoms with Crippen molar-refractivity contribution in [3.8, 4) is 11.5 Å². The molecule has 0 spiro atoms. The van der Waals surface area contributed by atoms with Gasteiger partial charge in [0.25, 0.3) is 0 Å². The zero-order chi connectivity index (χ0) is 16.9. The van der Waals surface area contributed by atoms with Crippen molar-refractivity contribution < 1.29 is 14.6 Å². The lowest BCUT2D eigenvalue weighted by molar-refractivity contribution is 0.103. The van der Waals surface area contributed by atoms with E-state index in [0.717, 1.165) is 17.1 Å². The zero-order valence-electron chi connectivity index (χ0n) is 13.2. The van der Waals surface area contributed by atoms with Gasteiger partial charge in [-0.05, 0) is 60.7 Å². The summed E-state index contributed by atoms with van der Waals surface area (Å²) in [6.07, 6.45) is 0. The van der Waals surface area contributed by atoms with Crippen LogP contribution >= 0.6 is 0 Å². The standard InChI is InChI=1S/C20H17NO3/c1-24-17-12-10-16(11-13-17)21-15-8-6-14(7-9-15)20(23)18-4-2-3-5-19(18)22/h2-13,21-22H,1H3. The minimum Gasteiger partial charge on any atom is -0.507 e. The number of ether oxygens (including phenoxy) is 1. The highest BCUT2D eigenvalue weighted by molar-refractivity contribution is 6.10. The number of hydrogen-bond acceptors (Lipinski definition) is 4. The van der Waals surface area contributed by atoms with Crippen molar-refractivity contribution in [2.45, 2.75) is 0 Å². The lowest BCUT2D eigenvalue weighted by atomic mass is 10.0. The first-order valence-electron chi connectivity index (χ1n) is 7.51. The van der Waals surface area contributed by atoms with E-state index in [1.807, 2.05) is 36.4 Å². The van der Waals surface area contributed by atoms with Crippen LogP contribution in [0.4, 0.5) is 11.4 Å². The summed E-state index contributed by atoms with van der Waals surface area (Å²) in [5.74, 6) is 0.580. The molecule has 3 rings (SSSR count). The monoisotopic (exact) mass is 319 g/mol. The largest absolute Gasteiger partial charge is 0.507 e. The van der Waals surface area contributed by atoms with Crippen molar-refractivity contribution in [1.29, 1.82) is 0 Å². The molecule has 0 saturated carbocycles. The molecule has 0 unspecified atom stereocenters. The number of para-hydroxylation sites is 1. The number of benzene rings is 3. The summed E-state index contributed by atoms with van der Waals surface area (Å²) in [5.41, 5.74) is 2.62. The summed E-state index contributed by atoms with van der Waals surface area (Å²) in [6, 6.07) is 21.3. The highest BCUT2D eigenvalue weighted by Crippen LogP contribution is 2.23. The maximum Gasteiger partial charge on any atom is 0.196 e. The van der Waals surface area contributed by atoms with E-state index >= 15 is 0 Å². The van der Waals surface area contributed by atoms with E-state index in [1.165, 1.54) is 6.07 Å². The number of phenolic OH excluding ortho intramolecular Hbond substituents is 1. The molecular formula is C20H17NO3. The Kier molecular flexibility index (Phi) is 4.47. The third kappa shape index (κ3) is 3.38. The molecule has 0 atom stereocenters. The van der Waals surface area contributed by atoms with Crippen LogP contribution in [0.5, 0.6) is 11.5 Å². The van der Waals surface area contributed by atoms with Gasteiger partial charge in [-0.3, -0.25) is 4.79 Å². The normalized spacial score (nSPS) is 10.2. The fraction of sp³-hybridized carbons (Fsp3) is 0.0500. The number of hydrogen-bond donors (Lipinski definition) is 2. The SMILES string of the molecule is COc1ccc(Nc2ccc(C(=O)c3ccccc3O)cc2)cc1. The van der Waals surface area contributed by atoms with Crippen LogP contribution in [0.15, 0.2) is 72.8 Å². The average Bonchev–Trinajstić information content (AvgIpc) is 2.63. The van der Waals surface area contributed by atoms with Crippen LogP contribution in [-0.2, 0) is 0 Å². The molecule has 0 aliphatic heterocycles. The van der Waals surface area contributed by atoms with Gasteiger partial charge in [-0.1, -0.05) is 12.1 Å². The van der Waals surface area contributed by atoms with Gasteiger partial charge >= 0.3 is 0 Å². The summed E-state index contributed by atoms with van der Waals surface area (Å²) in [4.78, 5) is 12.4. The first kappa shape index (κ1) is 15.6. The van der Waals surface area contributed by atoms with Crippen molar-refractivity contribution in [3.05, 3.63) is 83.9 Å². The maximum atomic E-state index is 12.4. The Hall–Kier alpha value is -3.27.